The second-order valence-corrected chi connectivity index (χ2v) is 3.93. The van der Waals surface area contributed by atoms with E-state index in [1.165, 1.54) is 0 Å². The van der Waals surface area contributed by atoms with E-state index in [1.54, 1.807) is 18.2 Å². The first-order valence-electron chi connectivity index (χ1n) is 6.21. The summed E-state index contributed by atoms with van der Waals surface area (Å²) in [7, 11) is 0. The van der Waals surface area contributed by atoms with Gasteiger partial charge in [0.2, 0.25) is 5.91 Å². The third-order valence-electron chi connectivity index (χ3n) is 2.36. The fourth-order valence-corrected chi connectivity index (χ4v) is 1.54. The highest BCUT2D eigenvalue weighted by molar-refractivity contribution is 5.98. The van der Waals surface area contributed by atoms with Crippen molar-refractivity contribution in [2.45, 2.75) is 6.92 Å². The summed E-state index contributed by atoms with van der Waals surface area (Å²) in [4.78, 5) is 22.4. The molecule has 0 radical (unpaired) electrons. The van der Waals surface area contributed by atoms with Crippen molar-refractivity contribution in [3.63, 3.8) is 0 Å². The van der Waals surface area contributed by atoms with Gasteiger partial charge in [0.05, 0.1) is 24.5 Å². The Bertz CT molecular complexity index is 477. The summed E-state index contributed by atoms with van der Waals surface area (Å²) in [6.07, 6.45) is 0. The number of benzene rings is 1. The van der Waals surface area contributed by atoms with Gasteiger partial charge in [-0.25, -0.2) is 0 Å². The molecule has 7 nitrogen and oxygen atoms in total. The summed E-state index contributed by atoms with van der Waals surface area (Å²) in [5.41, 5.74) is 11.5. The molecular formula is C13H19N3O4. The molecule has 1 aromatic rings. The van der Waals surface area contributed by atoms with Crippen molar-refractivity contribution >= 4 is 17.5 Å². The molecule has 1 aromatic carbocycles. The fourth-order valence-electron chi connectivity index (χ4n) is 1.54. The van der Waals surface area contributed by atoms with Crippen LogP contribution in [0.2, 0.25) is 0 Å². The van der Waals surface area contributed by atoms with Crippen LogP contribution in [0.15, 0.2) is 18.2 Å². The average Bonchev–Trinajstić information content (AvgIpc) is 2.40. The van der Waals surface area contributed by atoms with Crippen LogP contribution < -0.4 is 21.5 Å². The van der Waals surface area contributed by atoms with E-state index in [0.29, 0.717) is 23.6 Å². The number of amides is 2. The first-order valence-corrected chi connectivity index (χ1v) is 6.21. The quantitative estimate of drug-likeness (QED) is 0.454. The van der Waals surface area contributed by atoms with Crippen molar-refractivity contribution in [2.24, 2.45) is 5.73 Å². The van der Waals surface area contributed by atoms with Crippen LogP contribution in [0.3, 0.4) is 0 Å². The Morgan fingerprint density at radius 2 is 2.10 bits per heavy atom. The molecule has 110 valence electrons. The number of primary amides is 1. The summed E-state index contributed by atoms with van der Waals surface area (Å²) >= 11 is 0. The largest absolute Gasteiger partial charge is 0.491 e. The highest BCUT2D eigenvalue weighted by Crippen LogP contribution is 2.26. The van der Waals surface area contributed by atoms with Gasteiger partial charge in [0.15, 0.2) is 5.75 Å². The predicted octanol–water partition coefficient (Wildman–Crippen LogP) is -0.101. The van der Waals surface area contributed by atoms with Crippen LogP contribution in [0.25, 0.3) is 0 Å². The maximum absolute atomic E-state index is 12.0. The molecule has 1 rings (SSSR count). The van der Waals surface area contributed by atoms with Gasteiger partial charge in [0.1, 0.15) is 6.61 Å². The van der Waals surface area contributed by atoms with Crippen molar-refractivity contribution in [2.75, 3.05) is 32.1 Å². The lowest BCUT2D eigenvalue weighted by Crippen LogP contribution is -2.29. The van der Waals surface area contributed by atoms with Crippen LogP contribution in [0.5, 0.6) is 5.75 Å². The first kappa shape index (κ1) is 15.8. The second kappa shape index (κ2) is 8.00. The van der Waals surface area contributed by atoms with Gasteiger partial charge < -0.3 is 26.3 Å². The Hall–Kier alpha value is -2.28. The van der Waals surface area contributed by atoms with Gasteiger partial charge in [-0.2, -0.15) is 0 Å². The topological polar surface area (TPSA) is 117 Å². The second-order valence-electron chi connectivity index (χ2n) is 3.93. The van der Waals surface area contributed by atoms with E-state index in [1.807, 2.05) is 6.92 Å². The Morgan fingerprint density at radius 3 is 2.75 bits per heavy atom. The minimum atomic E-state index is -0.550. The van der Waals surface area contributed by atoms with E-state index in [4.69, 9.17) is 20.9 Å². The standard InChI is InChI=1S/C13H19N3O4/c1-2-20-12-9(4-3-5-10(12)14)13(18)16-6-7-19-8-11(15)17/h3-5H,2,6-8,14H2,1H3,(H2,15,17)(H,16,18). The lowest BCUT2D eigenvalue weighted by molar-refractivity contribution is -0.122. The number of nitrogens with one attached hydrogen (secondary N) is 1. The van der Waals surface area contributed by atoms with Crippen molar-refractivity contribution in [1.29, 1.82) is 0 Å². The lowest BCUT2D eigenvalue weighted by atomic mass is 10.1. The molecule has 0 aliphatic heterocycles. The summed E-state index contributed by atoms with van der Waals surface area (Å²) in [6.45, 7) is 2.51. The van der Waals surface area contributed by atoms with Crippen molar-refractivity contribution in [3.8, 4) is 5.75 Å². The van der Waals surface area contributed by atoms with Crippen LogP contribution in [0.1, 0.15) is 17.3 Å². The summed E-state index contributed by atoms with van der Waals surface area (Å²) in [5.74, 6) is -0.500. The monoisotopic (exact) mass is 281 g/mol. The Balaban J connectivity index is 2.55. The van der Waals surface area contributed by atoms with E-state index in [0.717, 1.165) is 0 Å². The number of carbonyl (C=O) groups excluding carboxylic acids is 2. The van der Waals surface area contributed by atoms with Gasteiger partial charge in [-0.3, -0.25) is 9.59 Å². The summed E-state index contributed by atoms with van der Waals surface area (Å²) in [5, 5.41) is 2.65. The molecule has 2 amide bonds. The van der Waals surface area contributed by atoms with Crippen molar-refractivity contribution in [1.82, 2.24) is 5.32 Å². The van der Waals surface area contributed by atoms with Gasteiger partial charge in [0, 0.05) is 6.54 Å². The number of rotatable bonds is 8. The number of nitrogens with two attached hydrogens (primary N) is 2. The number of hydrogen-bond acceptors (Lipinski definition) is 5. The van der Waals surface area contributed by atoms with Crippen molar-refractivity contribution in [3.05, 3.63) is 23.8 Å². The van der Waals surface area contributed by atoms with Crippen LogP contribution in [-0.2, 0) is 9.53 Å². The molecule has 20 heavy (non-hydrogen) atoms. The highest BCUT2D eigenvalue weighted by atomic mass is 16.5. The van der Waals surface area contributed by atoms with E-state index >= 15 is 0 Å². The molecule has 0 unspecified atom stereocenters. The maximum atomic E-state index is 12.0. The fraction of sp³-hybridized carbons (Fsp3) is 0.385. The highest BCUT2D eigenvalue weighted by Gasteiger charge is 2.14. The van der Waals surface area contributed by atoms with Gasteiger partial charge in [0.25, 0.3) is 5.91 Å². The molecule has 0 saturated heterocycles. The van der Waals surface area contributed by atoms with Gasteiger partial charge in [-0.05, 0) is 19.1 Å². The van der Waals surface area contributed by atoms with E-state index in [-0.39, 0.29) is 25.7 Å². The molecule has 0 aliphatic rings. The van der Waals surface area contributed by atoms with Crippen LogP contribution in [0.4, 0.5) is 5.69 Å². The Morgan fingerprint density at radius 1 is 1.35 bits per heavy atom. The molecule has 0 saturated carbocycles. The zero-order valence-electron chi connectivity index (χ0n) is 11.3. The van der Waals surface area contributed by atoms with E-state index < -0.39 is 5.91 Å². The van der Waals surface area contributed by atoms with Crippen LogP contribution in [-0.4, -0.2) is 38.2 Å². The predicted molar refractivity (Wildman–Crippen MR) is 74.4 cm³/mol. The molecular weight excluding hydrogens is 262 g/mol. The molecule has 0 aliphatic carbocycles. The SMILES string of the molecule is CCOc1c(N)cccc1C(=O)NCCOCC(N)=O. The third-order valence-corrected chi connectivity index (χ3v) is 2.36. The van der Waals surface area contributed by atoms with Crippen LogP contribution in [0, 0.1) is 0 Å². The number of carbonyl (C=O) groups is 2. The molecule has 7 heteroatoms. The first-order chi connectivity index (χ1) is 9.56. The zero-order valence-corrected chi connectivity index (χ0v) is 11.3. The summed E-state index contributed by atoms with van der Waals surface area (Å²) < 4.78 is 10.3. The molecule has 0 spiro atoms. The third kappa shape index (κ3) is 4.77. The van der Waals surface area contributed by atoms with Gasteiger partial charge >= 0.3 is 0 Å². The van der Waals surface area contributed by atoms with E-state index in [9.17, 15) is 9.59 Å². The minimum absolute atomic E-state index is 0.168. The lowest BCUT2D eigenvalue weighted by Gasteiger charge is -2.12. The normalized spacial score (nSPS) is 10.1. The van der Waals surface area contributed by atoms with Crippen molar-refractivity contribution < 1.29 is 19.1 Å². The number of para-hydroxylation sites is 1. The maximum Gasteiger partial charge on any atom is 0.255 e. The Labute approximate surface area is 117 Å². The zero-order chi connectivity index (χ0) is 15.0. The Kier molecular flexibility index (Phi) is 6.31. The minimum Gasteiger partial charge on any atom is -0.491 e. The molecule has 0 atom stereocenters. The number of hydrogen-bond donors (Lipinski definition) is 3. The van der Waals surface area contributed by atoms with Crippen LogP contribution >= 0.6 is 0 Å². The summed E-state index contributed by atoms with van der Waals surface area (Å²) in [6, 6.07) is 4.97. The molecule has 0 heterocycles. The van der Waals surface area contributed by atoms with Gasteiger partial charge in [-0.15, -0.1) is 0 Å². The molecule has 0 bridgehead atoms. The number of nitrogen functional groups attached to an aromatic ring is 1. The smallest absolute Gasteiger partial charge is 0.255 e. The van der Waals surface area contributed by atoms with E-state index in [2.05, 4.69) is 5.32 Å². The number of anilines is 1. The molecule has 5 N–H and O–H groups in total. The van der Waals surface area contributed by atoms with Gasteiger partial charge in [-0.1, -0.05) is 6.07 Å². The average molecular weight is 281 g/mol. The molecule has 0 fully saturated rings. The molecule has 0 aromatic heterocycles. The number of ether oxygens (including phenoxy) is 2.